The van der Waals surface area contributed by atoms with Gasteiger partial charge in [0.2, 0.25) is 5.91 Å². The van der Waals surface area contributed by atoms with Crippen LogP contribution in [-0.4, -0.2) is 65.3 Å². The van der Waals surface area contributed by atoms with Crippen LogP contribution in [0.25, 0.3) is 0 Å². The summed E-state index contributed by atoms with van der Waals surface area (Å²) in [5.41, 5.74) is 0.478. The van der Waals surface area contributed by atoms with Crippen molar-refractivity contribution in [2.75, 3.05) is 27.2 Å². The summed E-state index contributed by atoms with van der Waals surface area (Å²) in [6, 6.07) is 18.8. The van der Waals surface area contributed by atoms with Gasteiger partial charge in [-0.25, -0.2) is 0 Å². The molecule has 2 aromatic rings. The third-order valence-electron chi connectivity index (χ3n) is 5.47. The summed E-state index contributed by atoms with van der Waals surface area (Å²) < 4.78 is 0. The van der Waals surface area contributed by atoms with Gasteiger partial charge in [-0.15, -0.1) is 0 Å². The quantitative estimate of drug-likeness (QED) is 0.842. The predicted octanol–water partition coefficient (Wildman–Crippen LogP) is 1.64. The van der Waals surface area contributed by atoms with Crippen LogP contribution in [0.4, 0.5) is 0 Å². The molecule has 0 bridgehead atoms. The van der Waals surface area contributed by atoms with E-state index in [0.29, 0.717) is 24.9 Å². The van der Waals surface area contributed by atoms with Crippen LogP contribution < -0.4 is 0 Å². The molecule has 5 nitrogen and oxygen atoms in total. The van der Waals surface area contributed by atoms with Gasteiger partial charge in [0.1, 0.15) is 11.7 Å². The molecule has 0 saturated carbocycles. The van der Waals surface area contributed by atoms with Gasteiger partial charge in [-0.3, -0.25) is 9.69 Å². The Morgan fingerprint density at radius 2 is 1.74 bits per heavy atom. The number of carbonyl (C=O) groups excluding carboxylic acids is 1. The standard InChI is InChI=1S/C22H28N2O3/c1-23(2)19(15-17-9-5-3-6-10-17)21(26)24-14-13-22(27,20(25)16-24)18-11-7-4-8-12-18/h3-12,19-20,25,27H,13-16H2,1-2H3/t19-,20-,22-/m0/s1. The molecular formula is C22H28N2O3. The van der Waals surface area contributed by atoms with Crippen molar-refractivity contribution in [3.05, 3.63) is 71.8 Å². The number of likely N-dealkylation sites (N-methyl/N-ethyl adjacent to an activating group) is 1. The molecule has 0 spiro atoms. The summed E-state index contributed by atoms with van der Waals surface area (Å²) in [4.78, 5) is 16.7. The Kier molecular flexibility index (Phi) is 5.95. The van der Waals surface area contributed by atoms with E-state index in [0.717, 1.165) is 5.56 Å². The van der Waals surface area contributed by atoms with Crippen LogP contribution in [-0.2, 0) is 16.8 Å². The minimum absolute atomic E-state index is 0.0157. The molecule has 1 amide bonds. The van der Waals surface area contributed by atoms with E-state index in [-0.39, 0.29) is 18.5 Å². The number of hydrogen-bond acceptors (Lipinski definition) is 4. The van der Waals surface area contributed by atoms with Crippen LogP contribution >= 0.6 is 0 Å². The number of nitrogens with zero attached hydrogens (tertiary/aromatic N) is 2. The largest absolute Gasteiger partial charge is 0.388 e. The fourth-order valence-corrected chi connectivity index (χ4v) is 3.73. The predicted molar refractivity (Wildman–Crippen MR) is 105 cm³/mol. The first-order valence-corrected chi connectivity index (χ1v) is 9.37. The lowest BCUT2D eigenvalue weighted by Gasteiger charge is -2.43. The second-order valence-corrected chi connectivity index (χ2v) is 7.51. The van der Waals surface area contributed by atoms with Crippen molar-refractivity contribution >= 4 is 5.91 Å². The Labute approximate surface area is 160 Å². The van der Waals surface area contributed by atoms with E-state index in [1.807, 2.05) is 79.7 Å². The van der Waals surface area contributed by atoms with E-state index in [4.69, 9.17) is 0 Å². The summed E-state index contributed by atoms with van der Waals surface area (Å²) in [5.74, 6) is -0.0157. The molecule has 3 atom stereocenters. The number of benzene rings is 2. The number of aliphatic hydroxyl groups excluding tert-OH is 1. The summed E-state index contributed by atoms with van der Waals surface area (Å²) in [7, 11) is 3.79. The van der Waals surface area contributed by atoms with Crippen LogP contribution in [0, 0.1) is 0 Å². The van der Waals surface area contributed by atoms with Crippen molar-refractivity contribution in [2.24, 2.45) is 0 Å². The molecule has 3 rings (SSSR count). The molecule has 1 aliphatic heterocycles. The van der Waals surface area contributed by atoms with Crippen molar-refractivity contribution in [3.63, 3.8) is 0 Å². The molecule has 5 heteroatoms. The van der Waals surface area contributed by atoms with E-state index >= 15 is 0 Å². The van der Waals surface area contributed by atoms with Gasteiger partial charge >= 0.3 is 0 Å². The van der Waals surface area contributed by atoms with Crippen molar-refractivity contribution < 1.29 is 15.0 Å². The lowest BCUT2D eigenvalue weighted by molar-refractivity contribution is -0.155. The number of likely N-dealkylation sites (tertiary alicyclic amines) is 1. The van der Waals surface area contributed by atoms with Gasteiger partial charge < -0.3 is 15.1 Å². The van der Waals surface area contributed by atoms with Gasteiger partial charge in [-0.1, -0.05) is 60.7 Å². The third-order valence-corrected chi connectivity index (χ3v) is 5.47. The highest BCUT2D eigenvalue weighted by molar-refractivity contribution is 5.82. The van der Waals surface area contributed by atoms with E-state index in [9.17, 15) is 15.0 Å². The molecule has 0 radical (unpaired) electrons. The maximum atomic E-state index is 13.1. The van der Waals surface area contributed by atoms with Crippen molar-refractivity contribution in [2.45, 2.75) is 30.6 Å². The lowest BCUT2D eigenvalue weighted by Crippen LogP contribution is -2.58. The lowest BCUT2D eigenvalue weighted by atomic mass is 9.82. The normalized spacial score (nSPS) is 24.0. The van der Waals surface area contributed by atoms with Gasteiger partial charge in [-0.05, 0) is 31.6 Å². The van der Waals surface area contributed by atoms with Crippen molar-refractivity contribution in [1.29, 1.82) is 0 Å². The Morgan fingerprint density at radius 3 is 2.30 bits per heavy atom. The average Bonchev–Trinajstić information content (AvgIpc) is 2.69. The highest BCUT2D eigenvalue weighted by atomic mass is 16.3. The number of hydrogen-bond donors (Lipinski definition) is 2. The first-order chi connectivity index (χ1) is 12.9. The summed E-state index contributed by atoms with van der Waals surface area (Å²) >= 11 is 0. The highest BCUT2D eigenvalue weighted by Crippen LogP contribution is 2.33. The van der Waals surface area contributed by atoms with Gasteiger partial charge in [-0.2, -0.15) is 0 Å². The number of aliphatic hydroxyl groups is 2. The zero-order chi connectivity index (χ0) is 19.4. The van der Waals surface area contributed by atoms with Gasteiger partial charge in [0.15, 0.2) is 0 Å². The van der Waals surface area contributed by atoms with Crippen molar-refractivity contribution in [3.8, 4) is 0 Å². The van der Waals surface area contributed by atoms with Gasteiger partial charge in [0, 0.05) is 19.5 Å². The summed E-state index contributed by atoms with van der Waals surface area (Å²) in [6.07, 6.45) is -0.0883. The molecule has 1 fully saturated rings. The minimum atomic E-state index is -1.31. The smallest absolute Gasteiger partial charge is 0.240 e. The molecule has 1 saturated heterocycles. The summed E-state index contributed by atoms with van der Waals surface area (Å²) in [5, 5.41) is 21.6. The number of carbonyl (C=O) groups is 1. The SMILES string of the molecule is CN(C)[C@@H](Cc1ccccc1)C(=O)N1CC[C@](O)(c2ccccc2)[C@@H](O)C1. The van der Waals surface area contributed by atoms with E-state index in [2.05, 4.69) is 0 Å². The Balaban J connectivity index is 1.72. The van der Waals surface area contributed by atoms with Crippen LogP contribution in [0.2, 0.25) is 0 Å². The molecule has 27 heavy (non-hydrogen) atoms. The highest BCUT2D eigenvalue weighted by Gasteiger charge is 2.44. The van der Waals surface area contributed by atoms with E-state index in [1.165, 1.54) is 0 Å². The first kappa shape index (κ1) is 19.5. The molecule has 1 aliphatic rings. The second kappa shape index (κ2) is 8.21. The van der Waals surface area contributed by atoms with Gasteiger partial charge in [0.25, 0.3) is 0 Å². The molecule has 0 unspecified atom stereocenters. The molecule has 1 heterocycles. The second-order valence-electron chi connectivity index (χ2n) is 7.51. The number of rotatable bonds is 5. The van der Waals surface area contributed by atoms with E-state index < -0.39 is 11.7 Å². The maximum Gasteiger partial charge on any atom is 0.240 e. The van der Waals surface area contributed by atoms with Crippen LogP contribution in [0.5, 0.6) is 0 Å². The first-order valence-electron chi connectivity index (χ1n) is 9.37. The van der Waals surface area contributed by atoms with Crippen LogP contribution in [0.3, 0.4) is 0 Å². The van der Waals surface area contributed by atoms with Crippen LogP contribution in [0.15, 0.2) is 60.7 Å². The fraction of sp³-hybridized carbons (Fsp3) is 0.409. The average molecular weight is 368 g/mol. The topological polar surface area (TPSA) is 64.0 Å². The molecule has 2 N–H and O–H groups in total. The molecule has 2 aromatic carbocycles. The van der Waals surface area contributed by atoms with Gasteiger partial charge in [0.05, 0.1) is 6.04 Å². The maximum absolute atomic E-state index is 13.1. The Hall–Kier alpha value is -2.21. The Morgan fingerprint density at radius 1 is 1.15 bits per heavy atom. The Bertz CT molecular complexity index is 751. The van der Waals surface area contributed by atoms with Crippen LogP contribution in [0.1, 0.15) is 17.5 Å². The minimum Gasteiger partial charge on any atom is -0.388 e. The molecular weight excluding hydrogens is 340 g/mol. The van der Waals surface area contributed by atoms with Crippen molar-refractivity contribution in [1.82, 2.24) is 9.80 Å². The summed E-state index contributed by atoms with van der Waals surface area (Å²) in [6.45, 7) is 0.545. The van der Waals surface area contributed by atoms with E-state index in [1.54, 1.807) is 4.90 Å². The third kappa shape index (κ3) is 4.21. The molecule has 144 valence electrons. The monoisotopic (exact) mass is 368 g/mol. The molecule has 0 aromatic heterocycles. The number of β-amino-alcohol motifs (C(OH)–C–C–N with tert-alkyl or cyclic N) is 1. The number of piperidine rings is 1. The fourth-order valence-electron chi connectivity index (χ4n) is 3.73. The zero-order valence-electron chi connectivity index (χ0n) is 16.0. The number of amides is 1. The molecule has 0 aliphatic carbocycles. The zero-order valence-corrected chi connectivity index (χ0v) is 16.0.